The highest BCUT2D eigenvalue weighted by molar-refractivity contribution is 5.35. The van der Waals surface area contributed by atoms with Crippen molar-refractivity contribution in [3.8, 4) is 5.69 Å². The largest absolute Gasteiger partial charge is 0.392 e. The van der Waals surface area contributed by atoms with E-state index in [2.05, 4.69) is 33.9 Å². The van der Waals surface area contributed by atoms with Gasteiger partial charge >= 0.3 is 0 Å². The summed E-state index contributed by atoms with van der Waals surface area (Å²) in [6.07, 6.45) is 3.46. The van der Waals surface area contributed by atoms with Crippen LogP contribution < -0.4 is 5.32 Å². The van der Waals surface area contributed by atoms with E-state index in [0.29, 0.717) is 13.1 Å². The van der Waals surface area contributed by atoms with Crippen LogP contribution in [0.2, 0.25) is 0 Å². The van der Waals surface area contributed by atoms with Crippen LogP contribution in [0.15, 0.2) is 36.5 Å². The first-order chi connectivity index (χ1) is 9.72. The normalized spacial score (nSPS) is 12.6. The minimum Gasteiger partial charge on any atom is -0.392 e. The number of nitrogens with one attached hydrogen (secondary N) is 1. The quantitative estimate of drug-likeness (QED) is 0.814. The van der Waals surface area contributed by atoms with Crippen molar-refractivity contribution < 1.29 is 5.11 Å². The minimum atomic E-state index is -0.269. The first-order valence-electron chi connectivity index (χ1n) is 7.19. The predicted molar refractivity (Wildman–Crippen MR) is 80.9 cm³/mol. The third-order valence-corrected chi connectivity index (χ3v) is 3.33. The number of aliphatic hydroxyl groups excluding tert-OH is 1. The van der Waals surface area contributed by atoms with E-state index in [4.69, 9.17) is 0 Å². The van der Waals surface area contributed by atoms with Crippen molar-refractivity contribution in [2.24, 2.45) is 0 Å². The van der Waals surface area contributed by atoms with Crippen molar-refractivity contribution in [2.45, 2.75) is 39.3 Å². The second kappa shape index (κ2) is 7.22. The van der Waals surface area contributed by atoms with Gasteiger partial charge in [0.2, 0.25) is 0 Å². The smallest absolute Gasteiger partial charge is 0.110 e. The molecule has 2 N–H and O–H groups in total. The average molecular weight is 273 g/mol. The maximum atomic E-state index is 9.73. The van der Waals surface area contributed by atoms with E-state index in [1.807, 2.05) is 31.3 Å². The number of benzene rings is 1. The molecule has 0 saturated carbocycles. The van der Waals surface area contributed by atoms with Crippen LogP contribution in [0.1, 0.15) is 31.3 Å². The molecule has 0 aliphatic carbocycles. The molecular formula is C16H23N3O. The van der Waals surface area contributed by atoms with Gasteiger partial charge in [-0.1, -0.05) is 31.5 Å². The van der Waals surface area contributed by atoms with Crippen molar-refractivity contribution in [2.75, 3.05) is 6.54 Å². The van der Waals surface area contributed by atoms with E-state index in [1.54, 1.807) is 0 Å². The fraction of sp³-hybridized carbons (Fsp3) is 0.438. The summed E-state index contributed by atoms with van der Waals surface area (Å²) in [5.41, 5.74) is 2.23. The summed E-state index contributed by atoms with van der Waals surface area (Å²) >= 11 is 0. The SMILES string of the molecule is CCCC(O)CNCc1cnc(C)n1-c1ccccc1. The van der Waals surface area contributed by atoms with Gasteiger partial charge in [0.05, 0.1) is 18.0 Å². The van der Waals surface area contributed by atoms with Gasteiger partial charge in [0.15, 0.2) is 0 Å². The number of aryl methyl sites for hydroxylation is 1. The third kappa shape index (κ3) is 3.68. The van der Waals surface area contributed by atoms with E-state index in [0.717, 1.165) is 30.0 Å². The zero-order chi connectivity index (χ0) is 14.4. The monoisotopic (exact) mass is 273 g/mol. The molecule has 1 aromatic heterocycles. The topological polar surface area (TPSA) is 50.1 Å². The summed E-state index contributed by atoms with van der Waals surface area (Å²) in [6, 6.07) is 10.2. The maximum absolute atomic E-state index is 9.73. The van der Waals surface area contributed by atoms with E-state index < -0.39 is 0 Å². The van der Waals surface area contributed by atoms with Crippen LogP contribution >= 0.6 is 0 Å². The molecule has 0 fully saturated rings. The zero-order valence-corrected chi connectivity index (χ0v) is 12.2. The van der Waals surface area contributed by atoms with Gasteiger partial charge in [-0.2, -0.15) is 0 Å². The predicted octanol–water partition coefficient (Wildman–Crippen LogP) is 2.43. The lowest BCUT2D eigenvalue weighted by atomic mass is 10.2. The van der Waals surface area contributed by atoms with Crippen molar-refractivity contribution in [1.29, 1.82) is 0 Å². The van der Waals surface area contributed by atoms with Gasteiger partial charge in [0, 0.05) is 18.8 Å². The first-order valence-corrected chi connectivity index (χ1v) is 7.19. The molecule has 0 aliphatic rings. The summed E-state index contributed by atoms with van der Waals surface area (Å²) in [4.78, 5) is 4.39. The molecule has 4 heteroatoms. The highest BCUT2D eigenvalue weighted by Gasteiger charge is 2.09. The molecule has 4 nitrogen and oxygen atoms in total. The lowest BCUT2D eigenvalue weighted by Gasteiger charge is -2.13. The van der Waals surface area contributed by atoms with Crippen LogP contribution in [0.4, 0.5) is 0 Å². The molecule has 0 amide bonds. The highest BCUT2D eigenvalue weighted by Crippen LogP contribution is 2.14. The van der Waals surface area contributed by atoms with Crippen LogP contribution in [-0.2, 0) is 6.54 Å². The zero-order valence-electron chi connectivity index (χ0n) is 12.2. The number of hydrogen-bond acceptors (Lipinski definition) is 3. The molecule has 0 bridgehead atoms. The summed E-state index contributed by atoms with van der Waals surface area (Å²) in [5.74, 6) is 0.974. The molecule has 0 spiro atoms. The van der Waals surface area contributed by atoms with Gasteiger partial charge in [-0.3, -0.25) is 4.57 Å². The Kier molecular flexibility index (Phi) is 5.32. The second-order valence-corrected chi connectivity index (χ2v) is 5.04. The molecule has 20 heavy (non-hydrogen) atoms. The lowest BCUT2D eigenvalue weighted by Crippen LogP contribution is -2.27. The van der Waals surface area contributed by atoms with Crippen molar-refractivity contribution in [3.63, 3.8) is 0 Å². The Hall–Kier alpha value is -1.65. The molecule has 0 saturated heterocycles. The van der Waals surface area contributed by atoms with E-state index in [1.165, 1.54) is 0 Å². The fourth-order valence-corrected chi connectivity index (χ4v) is 2.35. The summed E-state index contributed by atoms with van der Waals surface area (Å²) in [6.45, 7) is 5.41. The van der Waals surface area contributed by atoms with Crippen molar-refractivity contribution in [1.82, 2.24) is 14.9 Å². The Morgan fingerprint density at radius 1 is 1.30 bits per heavy atom. The fourth-order valence-electron chi connectivity index (χ4n) is 2.35. The number of nitrogens with zero attached hydrogens (tertiary/aromatic N) is 2. The van der Waals surface area contributed by atoms with Crippen molar-refractivity contribution >= 4 is 0 Å². The molecule has 1 unspecified atom stereocenters. The Morgan fingerprint density at radius 3 is 2.75 bits per heavy atom. The summed E-state index contributed by atoms with van der Waals surface area (Å²) in [7, 11) is 0. The summed E-state index contributed by atoms with van der Waals surface area (Å²) < 4.78 is 2.14. The van der Waals surface area contributed by atoms with Gasteiger partial charge in [0.1, 0.15) is 5.82 Å². The van der Waals surface area contributed by atoms with Crippen LogP contribution in [0.25, 0.3) is 5.69 Å². The van der Waals surface area contributed by atoms with Crippen LogP contribution in [0.3, 0.4) is 0 Å². The van der Waals surface area contributed by atoms with Crippen LogP contribution in [-0.4, -0.2) is 27.3 Å². The Labute approximate surface area is 120 Å². The van der Waals surface area contributed by atoms with Gasteiger partial charge in [-0.25, -0.2) is 4.98 Å². The van der Waals surface area contributed by atoms with Crippen LogP contribution in [0.5, 0.6) is 0 Å². The highest BCUT2D eigenvalue weighted by atomic mass is 16.3. The third-order valence-electron chi connectivity index (χ3n) is 3.33. The van der Waals surface area contributed by atoms with E-state index in [-0.39, 0.29) is 6.10 Å². The van der Waals surface area contributed by atoms with Gasteiger partial charge in [0.25, 0.3) is 0 Å². The maximum Gasteiger partial charge on any atom is 0.110 e. The first kappa shape index (κ1) is 14.8. The Bertz CT molecular complexity index is 522. The molecule has 108 valence electrons. The standard InChI is InChI=1S/C16H23N3O/c1-3-7-16(20)12-17-10-15-11-18-13(2)19(15)14-8-5-4-6-9-14/h4-6,8-9,11,16-17,20H,3,7,10,12H2,1-2H3. The number of imidazole rings is 1. The molecule has 2 rings (SSSR count). The minimum absolute atomic E-state index is 0.269. The number of hydrogen-bond donors (Lipinski definition) is 2. The average Bonchev–Trinajstić information content (AvgIpc) is 2.81. The van der Waals surface area contributed by atoms with E-state index in [9.17, 15) is 5.11 Å². The van der Waals surface area contributed by atoms with Gasteiger partial charge in [-0.05, 0) is 25.5 Å². The van der Waals surface area contributed by atoms with Gasteiger partial charge < -0.3 is 10.4 Å². The molecule has 1 aromatic carbocycles. The summed E-state index contributed by atoms with van der Waals surface area (Å²) in [5, 5.41) is 13.0. The lowest BCUT2D eigenvalue weighted by molar-refractivity contribution is 0.160. The molecule has 0 radical (unpaired) electrons. The van der Waals surface area contributed by atoms with E-state index >= 15 is 0 Å². The number of rotatable bonds is 7. The molecular weight excluding hydrogens is 250 g/mol. The molecule has 1 heterocycles. The Balaban J connectivity index is 2.03. The molecule has 1 atom stereocenters. The Morgan fingerprint density at radius 2 is 2.05 bits per heavy atom. The molecule has 2 aromatic rings. The number of aliphatic hydroxyl groups is 1. The number of aromatic nitrogens is 2. The van der Waals surface area contributed by atoms with Gasteiger partial charge in [-0.15, -0.1) is 0 Å². The second-order valence-electron chi connectivity index (χ2n) is 5.04. The van der Waals surface area contributed by atoms with Crippen molar-refractivity contribution in [3.05, 3.63) is 48.0 Å². The van der Waals surface area contributed by atoms with Crippen LogP contribution in [0, 0.1) is 6.92 Å². The number of para-hydroxylation sites is 1. The molecule has 0 aliphatic heterocycles.